The van der Waals surface area contributed by atoms with E-state index in [9.17, 15) is 9.50 Å². The SMILES string of the molecule is Cn1nncc1C(O)c1ccc(Br)c(F)c1. The van der Waals surface area contributed by atoms with Gasteiger partial charge in [-0.25, -0.2) is 9.07 Å². The number of aryl methyl sites for hydroxylation is 1. The van der Waals surface area contributed by atoms with Gasteiger partial charge in [0.05, 0.1) is 16.4 Å². The Labute approximate surface area is 99.8 Å². The Morgan fingerprint density at radius 2 is 2.25 bits per heavy atom. The number of hydrogen-bond acceptors (Lipinski definition) is 3. The first-order chi connectivity index (χ1) is 7.59. The zero-order chi connectivity index (χ0) is 11.7. The number of hydrogen-bond donors (Lipinski definition) is 1. The predicted molar refractivity (Wildman–Crippen MR) is 59.2 cm³/mol. The lowest BCUT2D eigenvalue weighted by atomic mass is 10.1. The zero-order valence-electron chi connectivity index (χ0n) is 8.43. The van der Waals surface area contributed by atoms with Crippen molar-refractivity contribution in [2.24, 2.45) is 7.05 Å². The van der Waals surface area contributed by atoms with Gasteiger partial charge in [0.1, 0.15) is 11.9 Å². The van der Waals surface area contributed by atoms with Gasteiger partial charge in [0.25, 0.3) is 0 Å². The van der Waals surface area contributed by atoms with Gasteiger partial charge in [-0.1, -0.05) is 11.3 Å². The molecule has 84 valence electrons. The van der Waals surface area contributed by atoms with E-state index >= 15 is 0 Å². The Morgan fingerprint density at radius 1 is 1.50 bits per heavy atom. The summed E-state index contributed by atoms with van der Waals surface area (Å²) in [6.07, 6.45) is 0.521. The summed E-state index contributed by atoms with van der Waals surface area (Å²) >= 11 is 3.06. The van der Waals surface area contributed by atoms with E-state index in [1.807, 2.05) is 0 Å². The minimum Gasteiger partial charge on any atom is -0.382 e. The van der Waals surface area contributed by atoms with Crippen molar-refractivity contribution in [1.82, 2.24) is 15.0 Å². The summed E-state index contributed by atoms with van der Waals surface area (Å²) in [4.78, 5) is 0. The summed E-state index contributed by atoms with van der Waals surface area (Å²) in [6, 6.07) is 4.48. The highest BCUT2D eigenvalue weighted by Crippen LogP contribution is 2.24. The fraction of sp³-hybridized carbons (Fsp3) is 0.200. The highest BCUT2D eigenvalue weighted by Gasteiger charge is 2.15. The van der Waals surface area contributed by atoms with Crippen LogP contribution in [0.25, 0.3) is 0 Å². The molecule has 1 unspecified atom stereocenters. The van der Waals surface area contributed by atoms with Gasteiger partial charge in [-0.3, -0.25) is 0 Å². The summed E-state index contributed by atoms with van der Waals surface area (Å²) in [5.74, 6) is -0.410. The number of aliphatic hydroxyl groups is 1. The average Bonchev–Trinajstić information content (AvgIpc) is 2.67. The van der Waals surface area contributed by atoms with Gasteiger partial charge >= 0.3 is 0 Å². The van der Waals surface area contributed by atoms with Gasteiger partial charge in [0.15, 0.2) is 0 Å². The van der Waals surface area contributed by atoms with Crippen molar-refractivity contribution >= 4 is 15.9 Å². The van der Waals surface area contributed by atoms with Crippen molar-refractivity contribution in [1.29, 1.82) is 0 Å². The summed E-state index contributed by atoms with van der Waals surface area (Å²) in [5, 5.41) is 17.4. The van der Waals surface area contributed by atoms with Crippen LogP contribution in [0.4, 0.5) is 4.39 Å². The van der Waals surface area contributed by atoms with Crippen LogP contribution in [0.1, 0.15) is 17.4 Å². The molecule has 0 spiro atoms. The van der Waals surface area contributed by atoms with Gasteiger partial charge in [-0.2, -0.15) is 0 Å². The van der Waals surface area contributed by atoms with E-state index in [2.05, 4.69) is 26.2 Å². The fourth-order valence-electron chi connectivity index (χ4n) is 1.40. The van der Waals surface area contributed by atoms with E-state index in [0.29, 0.717) is 15.7 Å². The first kappa shape index (κ1) is 11.2. The van der Waals surface area contributed by atoms with Crippen LogP contribution in [0.2, 0.25) is 0 Å². The predicted octanol–water partition coefficient (Wildman–Crippen LogP) is 1.80. The third kappa shape index (κ3) is 1.98. The lowest BCUT2D eigenvalue weighted by Crippen LogP contribution is -2.06. The molecule has 0 amide bonds. The van der Waals surface area contributed by atoms with Crippen molar-refractivity contribution in [2.45, 2.75) is 6.10 Å². The topological polar surface area (TPSA) is 50.9 Å². The third-order valence-electron chi connectivity index (χ3n) is 2.29. The molecule has 1 heterocycles. The number of aromatic nitrogens is 3. The molecule has 1 N–H and O–H groups in total. The number of nitrogens with zero attached hydrogens (tertiary/aromatic N) is 3. The van der Waals surface area contributed by atoms with Crippen LogP contribution in [-0.4, -0.2) is 20.1 Å². The minimum atomic E-state index is -0.928. The van der Waals surface area contributed by atoms with Crippen molar-refractivity contribution in [3.63, 3.8) is 0 Å². The minimum absolute atomic E-state index is 0.367. The molecule has 0 aliphatic rings. The second-order valence-electron chi connectivity index (χ2n) is 3.36. The van der Waals surface area contributed by atoms with Gasteiger partial charge < -0.3 is 5.11 Å². The van der Waals surface area contributed by atoms with Crippen LogP contribution in [0, 0.1) is 5.82 Å². The highest BCUT2D eigenvalue weighted by molar-refractivity contribution is 9.10. The number of aliphatic hydroxyl groups excluding tert-OH is 1. The zero-order valence-corrected chi connectivity index (χ0v) is 10.0. The van der Waals surface area contributed by atoms with Crippen LogP contribution in [0.3, 0.4) is 0 Å². The molecule has 1 atom stereocenters. The van der Waals surface area contributed by atoms with Gasteiger partial charge in [-0.05, 0) is 33.6 Å². The Balaban J connectivity index is 2.38. The number of halogens is 2. The molecule has 0 saturated heterocycles. The first-order valence-electron chi connectivity index (χ1n) is 4.57. The normalized spacial score (nSPS) is 12.8. The van der Waals surface area contributed by atoms with Crippen LogP contribution in [0.15, 0.2) is 28.9 Å². The highest BCUT2D eigenvalue weighted by atomic mass is 79.9. The molecule has 0 aliphatic carbocycles. The van der Waals surface area contributed by atoms with E-state index in [1.54, 1.807) is 19.2 Å². The van der Waals surface area contributed by atoms with Crippen LogP contribution in [-0.2, 0) is 7.05 Å². The largest absolute Gasteiger partial charge is 0.382 e. The molecule has 0 fully saturated rings. The van der Waals surface area contributed by atoms with Crippen LogP contribution >= 0.6 is 15.9 Å². The lowest BCUT2D eigenvalue weighted by molar-refractivity contribution is 0.209. The van der Waals surface area contributed by atoms with Crippen molar-refractivity contribution in [3.8, 4) is 0 Å². The molecular weight excluding hydrogens is 277 g/mol. The fourth-order valence-corrected chi connectivity index (χ4v) is 1.65. The smallest absolute Gasteiger partial charge is 0.137 e. The maximum atomic E-state index is 13.3. The standard InChI is InChI=1S/C10H9BrFN3O/c1-15-9(5-13-14-15)10(16)6-2-3-7(11)8(12)4-6/h2-5,10,16H,1H3. The van der Waals surface area contributed by atoms with Crippen molar-refractivity contribution in [2.75, 3.05) is 0 Å². The first-order valence-corrected chi connectivity index (χ1v) is 5.36. The Kier molecular flexibility index (Phi) is 3.02. The monoisotopic (exact) mass is 285 g/mol. The molecule has 1 aromatic carbocycles. The molecule has 1 aromatic heterocycles. The maximum Gasteiger partial charge on any atom is 0.137 e. The van der Waals surface area contributed by atoms with Crippen molar-refractivity contribution < 1.29 is 9.50 Å². The van der Waals surface area contributed by atoms with E-state index in [4.69, 9.17) is 0 Å². The molecule has 0 radical (unpaired) electrons. The maximum absolute atomic E-state index is 13.3. The molecule has 0 aliphatic heterocycles. The number of benzene rings is 1. The van der Waals surface area contributed by atoms with E-state index in [1.165, 1.54) is 16.9 Å². The Bertz CT molecular complexity index is 515. The molecule has 0 bridgehead atoms. The van der Waals surface area contributed by atoms with Crippen molar-refractivity contribution in [3.05, 3.63) is 45.9 Å². The molecular formula is C10H9BrFN3O. The van der Waals surface area contributed by atoms with E-state index < -0.39 is 11.9 Å². The number of rotatable bonds is 2. The summed E-state index contributed by atoms with van der Waals surface area (Å²) < 4.78 is 15.1. The molecule has 2 rings (SSSR count). The second kappa shape index (κ2) is 4.31. The second-order valence-corrected chi connectivity index (χ2v) is 4.21. The van der Waals surface area contributed by atoms with Gasteiger partial charge in [0, 0.05) is 7.05 Å². The summed E-state index contributed by atoms with van der Waals surface area (Å²) in [7, 11) is 1.67. The quantitative estimate of drug-likeness (QED) is 0.915. The average molecular weight is 286 g/mol. The van der Waals surface area contributed by atoms with Gasteiger partial charge in [-0.15, -0.1) is 5.10 Å². The molecule has 2 aromatic rings. The summed E-state index contributed by atoms with van der Waals surface area (Å²) in [5.41, 5.74) is 0.979. The van der Waals surface area contributed by atoms with Crippen LogP contribution < -0.4 is 0 Å². The summed E-state index contributed by atoms with van der Waals surface area (Å²) in [6.45, 7) is 0. The molecule has 6 heteroatoms. The molecule has 16 heavy (non-hydrogen) atoms. The Morgan fingerprint density at radius 3 is 2.81 bits per heavy atom. The molecule has 0 saturated carbocycles. The Hall–Kier alpha value is -1.27. The van der Waals surface area contributed by atoms with Crippen LogP contribution in [0.5, 0.6) is 0 Å². The van der Waals surface area contributed by atoms with E-state index in [-0.39, 0.29) is 0 Å². The van der Waals surface area contributed by atoms with Gasteiger partial charge in [0.2, 0.25) is 0 Å². The molecule has 4 nitrogen and oxygen atoms in total. The third-order valence-corrected chi connectivity index (χ3v) is 2.93. The van der Waals surface area contributed by atoms with E-state index in [0.717, 1.165) is 0 Å². The lowest BCUT2D eigenvalue weighted by Gasteiger charge is -2.10.